The minimum atomic E-state index is -0.532. The SMILES string of the molecule is CC1(C)C(=O)N([C@H]2C[C@@H](N3CCC[C@@H](O)C3)C2)c2cc(B3OC(C)(C)C(C)(C)O3)ccc21. The van der Waals surface area contributed by atoms with Gasteiger partial charge in [0.1, 0.15) is 0 Å². The van der Waals surface area contributed by atoms with E-state index < -0.39 is 23.7 Å². The van der Waals surface area contributed by atoms with Crippen molar-refractivity contribution in [2.45, 2.75) is 102 Å². The molecular weight excluding hydrogens is 403 g/mol. The van der Waals surface area contributed by atoms with Crippen LogP contribution in [0.5, 0.6) is 0 Å². The number of benzene rings is 1. The van der Waals surface area contributed by atoms with Crippen LogP contribution >= 0.6 is 0 Å². The molecule has 1 aromatic rings. The molecule has 0 spiro atoms. The number of β-amino-alcohol motifs (C(OH)–C–C–N with tert-alkyl or cyclic N) is 1. The Morgan fingerprint density at radius 3 is 2.31 bits per heavy atom. The van der Waals surface area contributed by atoms with Gasteiger partial charge in [0.15, 0.2) is 0 Å². The van der Waals surface area contributed by atoms with Gasteiger partial charge in [-0.05, 0) is 90.9 Å². The van der Waals surface area contributed by atoms with Crippen molar-refractivity contribution in [1.29, 1.82) is 0 Å². The van der Waals surface area contributed by atoms with E-state index in [0.717, 1.165) is 55.5 Å². The molecule has 0 aromatic heterocycles. The van der Waals surface area contributed by atoms with Crippen molar-refractivity contribution in [3.05, 3.63) is 23.8 Å². The maximum absolute atomic E-state index is 13.5. The lowest BCUT2D eigenvalue weighted by molar-refractivity contribution is -0.123. The summed E-state index contributed by atoms with van der Waals surface area (Å²) >= 11 is 0. The predicted molar refractivity (Wildman–Crippen MR) is 126 cm³/mol. The van der Waals surface area contributed by atoms with Gasteiger partial charge in [-0.25, -0.2) is 0 Å². The van der Waals surface area contributed by atoms with Gasteiger partial charge in [-0.1, -0.05) is 12.1 Å². The number of carbonyl (C=O) groups is 1. The van der Waals surface area contributed by atoms with E-state index in [1.807, 2.05) is 18.7 Å². The predicted octanol–water partition coefficient (Wildman–Crippen LogP) is 2.60. The van der Waals surface area contributed by atoms with E-state index in [0.29, 0.717) is 6.04 Å². The minimum Gasteiger partial charge on any atom is -0.399 e. The van der Waals surface area contributed by atoms with Crippen molar-refractivity contribution < 1.29 is 19.2 Å². The zero-order chi connectivity index (χ0) is 23.1. The van der Waals surface area contributed by atoms with Gasteiger partial charge < -0.3 is 19.3 Å². The highest BCUT2D eigenvalue weighted by Crippen LogP contribution is 2.46. The maximum Gasteiger partial charge on any atom is 0.494 e. The molecule has 1 saturated carbocycles. The Bertz CT molecular complexity index is 909. The van der Waals surface area contributed by atoms with Gasteiger partial charge in [-0.2, -0.15) is 0 Å². The lowest BCUT2D eigenvalue weighted by atomic mass is 9.76. The first-order valence-electron chi connectivity index (χ1n) is 12.2. The van der Waals surface area contributed by atoms with Crippen LogP contribution in [0.3, 0.4) is 0 Å². The van der Waals surface area contributed by atoms with Crippen LogP contribution in [0, 0.1) is 0 Å². The van der Waals surface area contributed by atoms with Crippen LogP contribution < -0.4 is 10.4 Å². The third-order valence-electron chi connectivity index (χ3n) is 8.63. The van der Waals surface area contributed by atoms with Gasteiger partial charge >= 0.3 is 7.12 Å². The third kappa shape index (κ3) is 3.35. The number of carbonyl (C=O) groups excluding carboxylic acids is 1. The van der Waals surface area contributed by atoms with E-state index in [4.69, 9.17) is 9.31 Å². The molecule has 1 N–H and O–H groups in total. The van der Waals surface area contributed by atoms with E-state index in [-0.39, 0.29) is 18.1 Å². The second-order valence-corrected chi connectivity index (χ2v) is 11.7. The van der Waals surface area contributed by atoms with E-state index in [9.17, 15) is 9.90 Å². The molecule has 6 nitrogen and oxygen atoms in total. The molecule has 174 valence electrons. The Morgan fingerprint density at radius 1 is 1.03 bits per heavy atom. The van der Waals surface area contributed by atoms with Gasteiger partial charge in [-0.15, -0.1) is 0 Å². The summed E-state index contributed by atoms with van der Waals surface area (Å²) in [6, 6.07) is 6.92. The smallest absolute Gasteiger partial charge is 0.399 e. The number of likely N-dealkylation sites (tertiary alicyclic amines) is 1. The van der Waals surface area contributed by atoms with Gasteiger partial charge in [-0.3, -0.25) is 9.69 Å². The summed E-state index contributed by atoms with van der Waals surface area (Å²) in [5, 5.41) is 10.0. The zero-order valence-corrected chi connectivity index (χ0v) is 20.4. The largest absolute Gasteiger partial charge is 0.494 e. The fraction of sp³-hybridized carbons (Fsp3) is 0.720. The monoisotopic (exact) mass is 440 g/mol. The van der Waals surface area contributed by atoms with E-state index in [1.54, 1.807) is 0 Å². The molecule has 3 heterocycles. The van der Waals surface area contributed by atoms with Gasteiger partial charge in [0, 0.05) is 24.3 Å². The number of rotatable bonds is 3. The van der Waals surface area contributed by atoms with Gasteiger partial charge in [0.05, 0.1) is 22.7 Å². The van der Waals surface area contributed by atoms with Crippen LogP contribution in [0.15, 0.2) is 18.2 Å². The number of piperidine rings is 1. The van der Waals surface area contributed by atoms with Crippen LogP contribution in [0.4, 0.5) is 5.69 Å². The molecule has 1 aromatic carbocycles. The van der Waals surface area contributed by atoms with Crippen LogP contribution in [-0.4, -0.2) is 65.5 Å². The Kier molecular flexibility index (Phi) is 5.10. The first kappa shape index (κ1) is 22.4. The molecule has 0 radical (unpaired) electrons. The van der Waals surface area contributed by atoms with Crippen molar-refractivity contribution in [2.75, 3.05) is 18.0 Å². The Labute approximate surface area is 192 Å². The highest BCUT2D eigenvalue weighted by Gasteiger charge is 2.54. The van der Waals surface area contributed by atoms with Crippen LogP contribution in [-0.2, 0) is 19.5 Å². The first-order valence-corrected chi connectivity index (χ1v) is 12.2. The molecule has 3 fully saturated rings. The van der Waals surface area contributed by atoms with E-state index in [2.05, 4.69) is 50.8 Å². The molecular formula is C25H37BN2O4. The molecule has 3 aliphatic heterocycles. The highest BCUT2D eigenvalue weighted by atomic mass is 16.7. The fourth-order valence-corrected chi connectivity index (χ4v) is 5.67. The molecule has 0 unspecified atom stereocenters. The highest BCUT2D eigenvalue weighted by molar-refractivity contribution is 6.62. The summed E-state index contributed by atoms with van der Waals surface area (Å²) < 4.78 is 12.6. The van der Waals surface area contributed by atoms with E-state index in [1.165, 1.54) is 0 Å². The van der Waals surface area contributed by atoms with Crippen LogP contribution in [0.2, 0.25) is 0 Å². The molecule has 0 bridgehead atoms. The van der Waals surface area contributed by atoms with Crippen molar-refractivity contribution in [3.63, 3.8) is 0 Å². The first-order chi connectivity index (χ1) is 14.9. The number of nitrogens with zero attached hydrogens (tertiary/aromatic N) is 2. The second kappa shape index (κ2) is 7.30. The van der Waals surface area contributed by atoms with Crippen LogP contribution in [0.1, 0.15) is 72.8 Å². The fourth-order valence-electron chi connectivity index (χ4n) is 5.67. The Balaban J connectivity index is 1.39. The number of amides is 1. The number of aliphatic hydroxyl groups is 1. The number of fused-ring (bicyclic) bond motifs is 1. The van der Waals surface area contributed by atoms with Crippen molar-refractivity contribution in [3.8, 4) is 0 Å². The Hall–Kier alpha value is -1.41. The molecule has 2 saturated heterocycles. The Morgan fingerprint density at radius 2 is 1.69 bits per heavy atom. The topological polar surface area (TPSA) is 62.2 Å². The van der Waals surface area contributed by atoms with E-state index >= 15 is 0 Å². The molecule has 32 heavy (non-hydrogen) atoms. The molecule has 1 aliphatic carbocycles. The average Bonchev–Trinajstić information content (AvgIpc) is 3.01. The van der Waals surface area contributed by atoms with Crippen molar-refractivity contribution >= 4 is 24.2 Å². The molecule has 7 heteroatoms. The number of hydrogen-bond donors (Lipinski definition) is 1. The molecule has 4 aliphatic rings. The lowest BCUT2D eigenvalue weighted by Gasteiger charge is -2.48. The quantitative estimate of drug-likeness (QED) is 0.733. The minimum absolute atomic E-state index is 0.181. The maximum atomic E-state index is 13.5. The standard InChI is InChI=1S/C25H37BN2O4/c1-23(2)20-10-9-16(26-31-24(3,4)25(5,6)32-26)12-21(20)28(22(23)30)18-13-17(14-18)27-11-7-8-19(29)15-27/h9-10,12,17-19,29H,7-8,11,13-15H2,1-6H3/t17-,18+,19-/m1/s1. The normalized spacial score (nSPS) is 33.3. The summed E-state index contributed by atoms with van der Waals surface area (Å²) in [5.74, 6) is 0.181. The molecule has 5 rings (SSSR count). The van der Waals surface area contributed by atoms with Crippen LogP contribution in [0.25, 0.3) is 0 Å². The summed E-state index contributed by atoms with van der Waals surface area (Å²) in [6.45, 7) is 14.1. The van der Waals surface area contributed by atoms with Gasteiger partial charge in [0.25, 0.3) is 0 Å². The summed E-state index contributed by atoms with van der Waals surface area (Å²) in [5.41, 5.74) is 1.73. The number of anilines is 1. The average molecular weight is 440 g/mol. The third-order valence-corrected chi connectivity index (χ3v) is 8.63. The molecule has 1 amide bonds. The zero-order valence-electron chi connectivity index (χ0n) is 20.4. The summed E-state index contributed by atoms with van der Waals surface area (Å²) in [4.78, 5) is 18.0. The van der Waals surface area contributed by atoms with Crippen molar-refractivity contribution in [2.24, 2.45) is 0 Å². The lowest BCUT2D eigenvalue weighted by Crippen LogP contribution is -2.58. The number of aliphatic hydroxyl groups excluding tert-OH is 1. The van der Waals surface area contributed by atoms with Gasteiger partial charge in [0.2, 0.25) is 5.91 Å². The summed E-state index contributed by atoms with van der Waals surface area (Å²) in [6.07, 6.45) is 3.68. The second-order valence-electron chi connectivity index (χ2n) is 11.7. The number of hydrogen-bond acceptors (Lipinski definition) is 5. The summed E-state index contributed by atoms with van der Waals surface area (Å²) in [7, 11) is -0.435. The molecule has 1 atom stereocenters. The van der Waals surface area contributed by atoms with Crippen molar-refractivity contribution in [1.82, 2.24) is 4.90 Å².